The number of methoxy groups -OCH3 is 1. The highest BCUT2D eigenvalue weighted by Crippen LogP contribution is 2.31. The maximum absolute atomic E-state index is 14.8. The van der Waals surface area contributed by atoms with Crippen molar-refractivity contribution in [1.82, 2.24) is 25.0 Å². The monoisotopic (exact) mass is 553 g/mol. The van der Waals surface area contributed by atoms with Crippen molar-refractivity contribution in [1.29, 1.82) is 0 Å². The molecule has 6 N–H and O–H groups in total. The molecule has 1 atom stereocenters. The summed E-state index contributed by atoms with van der Waals surface area (Å²) in [6, 6.07) is 7.89. The number of rotatable bonds is 11. The topological polar surface area (TPSA) is 156 Å². The van der Waals surface area contributed by atoms with E-state index in [0.29, 0.717) is 34.8 Å². The van der Waals surface area contributed by atoms with Gasteiger partial charge in [-0.2, -0.15) is 4.39 Å². The van der Waals surface area contributed by atoms with Gasteiger partial charge in [-0.25, -0.2) is 14.4 Å². The van der Waals surface area contributed by atoms with E-state index in [1.54, 1.807) is 28.8 Å². The molecule has 4 rings (SSSR count). The van der Waals surface area contributed by atoms with Crippen molar-refractivity contribution < 1.29 is 28.2 Å². The Balaban J connectivity index is 1.52. The molecule has 0 fully saturated rings. The predicted octanol–water partition coefficient (Wildman–Crippen LogP) is 2.15. The van der Waals surface area contributed by atoms with E-state index >= 15 is 0 Å². The average molecular weight is 554 g/mol. The molecule has 2 aromatic carbocycles. The van der Waals surface area contributed by atoms with Crippen molar-refractivity contribution in [3.63, 3.8) is 0 Å². The van der Waals surface area contributed by atoms with E-state index in [4.69, 9.17) is 10.5 Å². The number of aryl methyl sites for hydroxylation is 1. The second-order valence-electron chi connectivity index (χ2n) is 8.78. The zero-order valence-corrected chi connectivity index (χ0v) is 21.9. The van der Waals surface area contributed by atoms with Crippen LogP contribution in [0.3, 0.4) is 0 Å². The average Bonchev–Trinajstić information content (AvgIpc) is 3.40. The summed E-state index contributed by atoms with van der Waals surface area (Å²) in [5.74, 6) is -2.76. The van der Waals surface area contributed by atoms with Gasteiger partial charge in [-0.1, -0.05) is 6.92 Å². The van der Waals surface area contributed by atoms with Crippen LogP contribution in [0.15, 0.2) is 48.9 Å². The summed E-state index contributed by atoms with van der Waals surface area (Å²) in [4.78, 5) is 32.7. The second kappa shape index (κ2) is 12.5. The minimum Gasteiger partial charge on any atom is -0.494 e. The Bertz CT molecular complexity index is 1540. The van der Waals surface area contributed by atoms with Gasteiger partial charge in [0.2, 0.25) is 11.7 Å². The lowest BCUT2D eigenvalue weighted by molar-refractivity contribution is -0.120. The number of fused-ring (bicyclic) bond motifs is 1. The number of imidazole rings is 1. The number of hydrogen-bond donors (Lipinski definition) is 5. The smallest absolute Gasteiger partial charge is 0.251 e. The summed E-state index contributed by atoms with van der Waals surface area (Å²) in [6.07, 6.45) is 4.08. The summed E-state index contributed by atoms with van der Waals surface area (Å²) in [7, 11) is 1.26. The third-order valence-electron chi connectivity index (χ3n) is 6.18. The molecule has 0 aliphatic carbocycles. The lowest BCUT2D eigenvalue weighted by atomic mass is 10.0. The summed E-state index contributed by atoms with van der Waals surface area (Å²) in [5.41, 5.74) is 7.72. The van der Waals surface area contributed by atoms with Crippen LogP contribution in [0.2, 0.25) is 0 Å². The highest BCUT2D eigenvalue weighted by Gasteiger charge is 2.19. The largest absolute Gasteiger partial charge is 0.494 e. The number of benzene rings is 2. The zero-order chi connectivity index (χ0) is 28.8. The van der Waals surface area contributed by atoms with Crippen molar-refractivity contribution in [2.75, 3.05) is 32.1 Å². The molecule has 40 heavy (non-hydrogen) atoms. The van der Waals surface area contributed by atoms with Gasteiger partial charge < -0.3 is 31.5 Å². The summed E-state index contributed by atoms with van der Waals surface area (Å²) < 4.78 is 35.5. The fraction of sp³-hybridized carbons (Fsp3) is 0.259. The number of nitrogens with zero attached hydrogens (tertiary/aromatic N) is 3. The highest BCUT2D eigenvalue weighted by atomic mass is 19.2. The van der Waals surface area contributed by atoms with E-state index in [0.717, 1.165) is 5.56 Å². The van der Waals surface area contributed by atoms with E-state index in [1.165, 1.54) is 31.6 Å². The lowest BCUT2D eigenvalue weighted by Gasteiger charge is -2.15. The molecular weight excluding hydrogens is 524 g/mol. The normalized spacial score (nSPS) is 11.8. The molecule has 0 aliphatic rings. The molecule has 4 aromatic rings. The Morgan fingerprint density at radius 3 is 2.62 bits per heavy atom. The van der Waals surface area contributed by atoms with Gasteiger partial charge in [0.25, 0.3) is 5.91 Å². The molecule has 0 bridgehead atoms. The number of anilines is 2. The molecule has 0 spiro atoms. The summed E-state index contributed by atoms with van der Waals surface area (Å²) in [5, 5.41) is 18.3. The molecule has 0 aliphatic heterocycles. The van der Waals surface area contributed by atoms with Crippen LogP contribution in [0.25, 0.3) is 16.9 Å². The van der Waals surface area contributed by atoms with Gasteiger partial charge in [0.15, 0.2) is 23.0 Å². The van der Waals surface area contributed by atoms with E-state index in [2.05, 4.69) is 25.9 Å². The number of carbonyl (C=O) groups is 2. The van der Waals surface area contributed by atoms with Crippen LogP contribution in [-0.2, 0) is 11.2 Å². The SMILES string of the molecule is CCc1cc(Nc2nccn3c(-c4ccc(OC)c(F)c4F)cnc23)ccc1C(=O)NCC(O)CNC(=O)CN. The van der Waals surface area contributed by atoms with Gasteiger partial charge in [0, 0.05) is 42.3 Å². The van der Waals surface area contributed by atoms with Crippen LogP contribution in [-0.4, -0.2) is 64.1 Å². The molecule has 13 heteroatoms. The Hall–Kier alpha value is -4.62. The molecule has 0 radical (unpaired) electrons. The van der Waals surface area contributed by atoms with Crippen LogP contribution in [0.5, 0.6) is 5.75 Å². The molecule has 11 nitrogen and oxygen atoms in total. The second-order valence-corrected chi connectivity index (χ2v) is 8.78. The van der Waals surface area contributed by atoms with Gasteiger partial charge in [0.05, 0.1) is 31.6 Å². The van der Waals surface area contributed by atoms with Crippen LogP contribution in [0, 0.1) is 11.6 Å². The number of carbonyl (C=O) groups excluding carboxylic acids is 2. The van der Waals surface area contributed by atoms with E-state index in [9.17, 15) is 23.5 Å². The number of aliphatic hydroxyl groups is 1. The molecule has 210 valence electrons. The Morgan fingerprint density at radius 2 is 1.90 bits per heavy atom. The van der Waals surface area contributed by atoms with Gasteiger partial charge in [-0.3, -0.25) is 14.0 Å². The zero-order valence-electron chi connectivity index (χ0n) is 21.9. The molecule has 2 aromatic heterocycles. The van der Waals surface area contributed by atoms with Crippen LogP contribution in [0.1, 0.15) is 22.8 Å². The van der Waals surface area contributed by atoms with Crippen LogP contribution < -0.4 is 26.4 Å². The number of amides is 2. The van der Waals surface area contributed by atoms with Gasteiger partial charge in [-0.05, 0) is 42.3 Å². The van der Waals surface area contributed by atoms with Crippen molar-refractivity contribution >= 4 is 29.0 Å². The van der Waals surface area contributed by atoms with Crippen molar-refractivity contribution in [3.05, 3.63) is 71.7 Å². The Kier molecular flexibility index (Phi) is 8.86. The highest BCUT2D eigenvalue weighted by molar-refractivity contribution is 5.96. The number of nitrogens with two attached hydrogens (primary N) is 1. The first kappa shape index (κ1) is 28.4. The van der Waals surface area contributed by atoms with E-state index < -0.39 is 23.6 Å². The van der Waals surface area contributed by atoms with Gasteiger partial charge in [-0.15, -0.1) is 0 Å². The van der Waals surface area contributed by atoms with Crippen LogP contribution in [0.4, 0.5) is 20.3 Å². The molecule has 2 heterocycles. The lowest BCUT2D eigenvalue weighted by Crippen LogP contribution is -2.41. The minimum absolute atomic E-state index is 0.0125. The summed E-state index contributed by atoms with van der Waals surface area (Å²) in [6.45, 7) is 1.62. The first-order chi connectivity index (χ1) is 19.3. The van der Waals surface area contributed by atoms with Gasteiger partial charge >= 0.3 is 0 Å². The quantitative estimate of drug-likeness (QED) is 0.189. The molecular formula is C27H29F2N7O4. The fourth-order valence-electron chi connectivity index (χ4n) is 4.10. The first-order valence-corrected chi connectivity index (χ1v) is 12.4. The van der Waals surface area contributed by atoms with E-state index in [-0.39, 0.29) is 36.9 Å². The first-order valence-electron chi connectivity index (χ1n) is 12.4. The number of aromatic nitrogens is 3. The van der Waals surface area contributed by atoms with Crippen molar-refractivity contribution in [3.8, 4) is 17.0 Å². The maximum atomic E-state index is 14.8. The minimum atomic E-state index is -1.09. The molecule has 0 saturated carbocycles. The maximum Gasteiger partial charge on any atom is 0.251 e. The fourth-order valence-corrected chi connectivity index (χ4v) is 4.10. The van der Waals surface area contributed by atoms with Crippen LogP contribution >= 0.6 is 0 Å². The molecule has 0 saturated heterocycles. The molecule has 1 unspecified atom stereocenters. The predicted molar refractivity (Wildman–Crippen MR) is 144 cm³/mol. The van der Waals surface area contributed by atoms with Crippen molar-refractivity contribution in [2.24, 2.45) is 5.73 Å². The Labute approximate surface area is 228 Å². The number of ether oxygens (including phenoxy) is 1. The number of aliphatic hydroxyl groups excluding tert-OH is 1. The number of halogens is 2. The number of hydrogen-bond acceptors (Lipinski definition) is 8. The number of nitrogens with one attached hydrogen (secondary N) is 3. The Morgan fingerprint density at radius 1 is 1.12 bits per heavy atom. The van der Waals surface area contributed by atoms with Gasteiger partial charge in [0.1, 0.15) is 0 Å². The summed E-state index contributed by atoms with van der Waals surface area (Å²) >= 11 is 0. The van der Waals surface area contributed by atoms with Crippen molar-refractivity contribution in [2.45, 2.75) is 19.4 Å². The van der Waals surface area contributed by atoms with E-state index in [1.807, 2.05) is 6.92 Å². The standard InChI is InChI=1S/C27H29F2N7O4/c1-3-15-10-16(4-5-18(15)27(39)34-13-17(37)12-32-22(38)11-30)35-25-26-33-14-20(36(26)9-8-31-25)19-6-7-21(40-2)24(29)23(19)28/h4-10,14,17,37H,3,11-13,30H2,1-2H3,(H,31,35)(H,32,38)(H,34,39). The third-order valence-corrected chi connectivity index (χ3v) is 6.18. The third kappa shape index (κ3) is 6.00. The molecule has 2 amide bonds.